The third-order valence-electron chi connectivity index (χ3n) is 4.63. The van der Waals surface area contributed by atoms with Crippen molar-refractivity contribution >= 4 is 22.5 Å². The van der Waals surface area contributed by atoms with Crippen LogP contribution in [-0.4, -0.2) is 34.6 Å². The van der Waals surface area contributed by atoms with E-state index in [2.05, 4.69) is 61.7 Å². The van der Waals surface area contributed by atoms with Crippen molar-refractivity contribution in [2.24, 2.45) is 0 Å². The quantitative estimate of drug-likeness (QED) is 0.755. The van der Waals surface area contributed by atoms with Crippen LogP contribution in [0.15, 0.2) is 36.5 Å². The molecule has 0 aliphatic carbocycles. The smallest absolute Gasteiger partial charge is 0.134 e. The van der Waals surface area contributed by atoms with E-state index in [0.29, 0.717) is 0 Å². The number of nitrogens with zero attached hydrogens (tertiary/aromatic N) is 3. The predicted octanol–water partition coefficient (Wildman–Crippen LogP) is 3.52. The van der Waals surface area contributed by atoms with Crippen LogP contribution in [0.25, 0.3) is 10.9 Å². The summed E-state index contributed by atoms with van der Waals surface area (Å²) in [4.78, 5) is 14.8. The zero-order chi connectivity index (χ0) is 16.4. The van der Waals surface area contributed by atoms with Gasteiger partial charge in [-0.1, -0.05) is 18.2 Å². The molecule has 0 saturated carbocycles. The Hall–Kier alpha value is -2.56. The van der Waals surface area contributed by atoms with Crippen LogP contribution in [0.3, 0.4) is 0 Å². The van der Waals surface area contributed by atoms with Crippen LogP contribution in [0.2, 0.25) is 0 Å². The number of aryl methyl sites for hydroxylation is 1. The van der Waals surface area contributed by atoms with Crippen LogP contribution in [0.1, 0.15) is 24.2 Å². The lowest BCUT2D eigenvalue weighted by Gasteiger charge is -2.17. The molecule has 0 spiro atoms. The van der Waals surface area contributed by atoms with Crippen molar-refractivity contribution in [3.8, 4) is 0 Å². The van der Waals surface area contributed by atoms with Crippen LogP contribution in [0.4, 0.5) is 11.6 Å². The minimum atomic E-state index is 0.828. The number of anilines is 2. The maximum Gasteiger partial charge on any atom is 0.134 e. The van der Waals surface area contributed by atoms with Gasteiger partial charge in [-0.2, -0.15) is 0 Å². The topological polar surface area (TPSA) is 56.8 Å². The average molecular weight is 321 g/mol. The lowest BCUT2D eigenvalue weighted by atomic mass is 10.1. The molecule has 1 aliphatic rings. The molecule has 2 aromatic heterocycles. The van der Waals surface area contributed by atoms with Crippen molar-refractivity contribution in [3.05, 3.63) is 47.9 Å². The highest BCUT2D eigenvalue weighted by molar-refractivity contribution is 5.83. The summed E-state index contributed by atoms with van der Waals surface area (Å²) in [6.07, 6.45) is 5.58. The Bertz CT molecular complexity index is 833. The molecule has 0 radical (unpaired) electrons. The molecule has 0 bridgehead atoms. The summed E-state index contributed by atoms with van der Waals surface area (Å²) >= 11 is 0. The van der Waals surface area contributed by atoms with Gasteiger partial charge in [-0.25, -0.2) is 9.97 Å². The number of benzene rings is 1. The summed E-state index contributed by atoms with van der Waals surface area (Å²) in [7, 11) is 0. The molecule has 5 heteroatoms. The summed E-state index contributed by atoms with van der Waals surface area (Å²) in [5, 5.41) is 4.76. The summed E-state index contributed by atoms with van der Waals surface area (Å²) in [6, 6.07) is 10.5. The second kappa shape index (κ2) is 6.51. The van der Waals surface area contributed by atoms with Gasteiger partial charge in [0.25, 0.3) is 0 Å². The van der Waals surface area contributed by atoms with Crippen molar-refractivity contribution in [1.29, 1.82) is 0 Å². The van der Waals surface area contributed by atoms with Gasteiger partial charge < -0.3 is 15.2 Å². The molecule has 0 atom stereocenters. The lowest BCUT2D eigenvalue weighted by Crippen LogP contribution is -2.20. The van der Waals surface area contributed by atoms with Crippen LogP contribution in [0.5, 0.6) is 0 Å². The Morgan fingerprint density at radius 1 is 1.17 bits per heavy atom. The number of H-pyrrole nitrogens is 1. The summed E-state index contributed by atoms with van der Waals surface area (Å²) < 4.78 is 0. The molecule has 4 rings (SSSR count). The molecule has 1 fully saturated rings. The van der Waals surface area contributed by atoms with E-state index in [9.17, 15) is 0 Å². The molecular formula is C19H23N5. The number of nitrogens with one attached hydrogen (secondary N) is 2. The van der Waals surface area contributed by atoms with Gasteiger partial charge >= 0.3 is 0 Å². The number of hydrogen-bond acceptors (Lipinski definition) is 4. The minimum Gasteiger partial charge on any atom is -0.370 e. The van der Waals surface area contributed by atoms with Gasteiger partial charge in [0.15, 0.2) is 0 Å². The highest BCUT2D eigenvalue weighted by Crippen LogP contribution is 2.21. The molecule has 2 N–H and O–H groups in total. The molecule has 124 valence electrons. The number of aromatic nitrogens is 3. The minimum absolute atomic E-state index is 0.828. The molecule has 3 heterocycles. The lowest BCUT2D eigenvalue weighted by molar-refractivity contribution is 0.905. The number of hydrogen-bond donors (Lipinski definition) is 2. The van der Waals surface area contributed by atoms with E-state index in [0.717, 1.165) is 43.5 Å². The van der Waals surface area contributed by atoms with E-state index in [1.807, 2.05) is 6.92 Å². The van der Waals surface area contributed by atoms with Gasteiger partial charge in [-0.3, -0.25) is 0 Å². The molecule has 1 aromatic carbocycles. The van der Waals surface area contributed by atoms with E-state index in [4.69, 9.17) is 0 Å². The van der Waals surface area contributed by atoms with Gasteiger partial charge in [0.1, 0.15) is 17.5 Å². The molecule has 0 unspecified atom stereocenters. The molecular weight excluding hydrogens is 298 g/mol. The number of aromatic amines is 1. The fourth-order valence-electron chi connectivity index (χ4n) is 3.41. The van der Waals surface area contributed by atoms with Crippen LogP contribution >= 0.6 is 0 Å². The Kier molecular flexibility index (Phi) is 4.07. The summed E-state index contributed by atoms with van der Waals surface area (Å²) in [5.74, 6) is 2.80. The van der Waals surface area contributed by atoms with Crippen LogP contribution in [0, 0.1) is 6.92 Å². The van der Waals surface area contributed by atoms with Gasteiger partial charge in [0, 0.05) is 42.8 Å². The van der Waals surface area contributed by atoms with Crippen molar-refractivity contribution < 1.29 is 0 Å². The van der Waals surface area contributed by atoms with E-state index in [1.165, 1.54) is 29.3 Å². The Morgan fingerprint density at radius 2 is 2.00 bits per heavy atom. The highest BCUT2D eigenvalue weighted by atomic mass is 15.2. The number of para-hydroxylation sites is 1. The SMILES string of the molecule is Cc1nc(NCCc2c[nH]c3ccccc23)cc(N2CCCC2)n1. The zero-order valence-electron chi connectivity index (χ0n) is 14.0. The predicted molar refractivity (Wildman–Crippen MR) is 98.7 cm³/mol. The van der Waals surface area contributed by atoms with Crippen molar-refractivity contribution in [1.82, 2.24) is 15.0 Å². The second-order valence-corrected chi connectivity index (χ2v) is 6.39. The molecule has 3 aromatic rings. The fourth-order valence-corrected chi connectivity index (χ4v) is 3.41. The fraction of sp³-hybridized carbons (Fsp3) is 0.368. The third-order valence-corrected chi connectivity index (χ3v) is 4.63. The number of rotatable bonds is 5. The third kappa shape index (κ3) is 3.07. The van der Waals surface area contributed by atoms with E-state index in [-0.39, 0.29) is 0 Å². The maximum absolute atomic E-state index is 4.58. The second-order valence-electron chi connectivity index (χ2n) is 6.39. The summed E-state index contributed by atoms with van der Waals surface area (Å²) in [6.45, 7) is 5.03. The average Bonchev–Trinajstić information content (AvgIpc) is 3.24. The van der Waals surface area contributed by atoms with Gasteiger partial charge in [0.05, 0.1) is 0 Å². The van der Waals surface area contributed by atoms with Crippen LogP contribution < -0.4 is 10.2 Å². The first kappa shape index (κ1) is 15.0. The van der Waals surface area contributed by atoms with E-state index < -0.39 is 0 Å². The first-order valence-electron chi connectivity index (χ1n) is 8.69. The van der Waals surface area contributed by atoms with Crippen molar-refractivity contribution in [2.45, 2.75) is 26.2 Å². The van der Waals surface area contributed by atoms with E-state index >= 15 is 0 Å². The van der Waals surface area contributed by atoms with Gasteiger partial charge in [0.2, 0.25) is 0 Å². The monoisotopic (exact) mass is 321 g/mol. The Balaban J connectivity index is 1.44. The number of fused-ring (bicyclic) bond motifs is 1. The first-order chi connectivity index (χ1) is 11.8. The largest absolute Gasteiger partial charge is 0.370 e. The molecule has 5 nitrogen and oxygen atoms in total. The molecule has 1 aliphatic heterocycles. The highest BCUT2D eigenvalue weighted by Gasteiger charge is 2.15. The maximum atomic E-state index is 4.58. The van der Waals surface area contributed by atoms with Crippen molar-refractivity contribution in [2.75, 3.05) is 29.9 Å². The normalized spacial score (nSPS) is 14.5. The molecule has 0 amide bonds. The van der Waals surface area contributed by atoms with Gasteiger partial charge in [-0.05, 0) is 37.8 Å². The first-order valence-corrected chi connectivity index (χ1v) is 8.69. The standard InChI is InChI=1S/C19H23N5/c1-14-22-18(12-19(23-14)24-10-4-5-11-24)20-9-8-15-13-21-17-7-3-2-6-16(15)17/h2-3,6-7,12-13,21H,4-5,8-11H2,1H3,(H,20,22,23). The molecule has 1 saturated heterocycles. The Morgan fingerprint density at radius 3 is 2.88 bits per heavy atom. The van der Waals surface area contributed by atoms with Crippen LogP contribution in [-0.2, 0) is 6.42 Å². The molecule has 24 heavy (non-hydrogen) atoms. The summed E-state index contributed by atoms with van der Waals surface area (Å²) in [5.41, 5.74) is 2.53. The van der Waals surface area contributed by atoms with Crippen molar-refractivity contribution in [3.63, 3.8) is 0 Å². The van der Waals surface area contributed by atoms with Gasteiger partial charge in [-0.15, -0.1) is 0 Å². The Labute approximate surface area is 142 Å². The van der Waals surface area contributed by atoms with E-state index in [1.54, 1.807) is 0 Å². The zero-order valence-corrected chi connectivity index (χ0v) is 14.0.